The average molecular weight is 211 g/mol. The van der Waals surface area contributed by atoms with Gasteiger partial charge in [0.1, 0.15) is 0 Å². The molecule has 1 unspecified atom stereocenters. The Bertz CT molecular complexity index is 363. The molecular formula is C10H13NO2S. The van der Waals surface area contributed by atoms with Crippen molar-refractivity contribution in [1.82, 2.24) is 0 Å². The number of rotatable bonds is 4. The van der Waals surface area contributed by atoms with Crippen LogP contribution in [0.5, 0.6) is 0 Å². The van der Waals surface area contributed by atoms with Crippen LogP contribution in [0.3, 0.4) is 0 Å². The van der Waals surface area contributed by atoms with Crippen molar-refractivity contribution >= 4 is 22.3 Å². The van der Waals surface area contributed by atoms with Crippen LogP contribution in [-0.2, 0) is 10.8 Å². The van der Waals surface area contributed by atoms with Gasteiger partial charge >= 0.3 is 0 Å². The Labute approximate surface area is 86.0 Å². The number of carbonyl (C=O) groups is 1. The normalized spacial score (nSPS) is 12.1. The van der Waals surface area contributed by atoms with E-state index in [2.05, 4.69) is 5.32 Å². The lowest BCUT2D eigenvalue weighted by atomic mass is 10.1. The van der Waals surface area contributed by atoms with E-state index in [0.717, 1.165) is 5.69 Å². The average Bonchev–Trinajstić information content (AvgIpc) is 2.16. The summed E-state index contributed by atoms with van der Waals surface area (Å²) in [4.78, 5) is 11.6. The van der Waals surface area contributed by atoms with Crippen molar-refractivity contribution in [2.24, 2.45) is 0 Å². The van der Waals surface area contributed by atoms with Crippen LogP contribution < -0.4 is 5.32 Å². The number of benzene rings is 1. The number of ketones is 1. The molecule has 0 bridgehead atoms. The summed E-state index contributed by atoms with van der Waals surface area (Å²) in [5.74, 6) is -0.00520. The maximum Gasteiger partial charge on any atom is 0.177 e. The zero-order valence-corrected chi connectivity index (χ0v) is 9.06. The summed E-state index contributed by atoms with van der Waals surface area (Å²) in [5.41, 5.74) is 1.38. The Kier molecular flexibility index (Phi) is 3.83. The molecule has 1 rings (SSSR count). The van der Waals surface area contributed by atoms with Crippen molar-refractivity contribution in [3.63, 3.8) is 0 Å². The number of hydrogen-bond acceptors (Lipinski definition) is 3. The molecule has 14 heavy (non-hydrogen) atoms. The Balaban J connectivity index is 2.94. The Morgan fingerprint density at radius 2 is 2.07 bits per heavy atom. The molecule has 4 heteroatoms. The highest BCUT2D eigenvalue weighted by Crippen LogP contribution is 2.14. The molecule has 0 heterocycles. The maximum absolute atomic E-state index is 11.6. The van der Waals surface area contributed by atoms with Crippen LogP contribution in [0.15, 0.2) is 24.3 Å². The van der Waals surface area contributed by atoms with Gasteiger partial charge < -0.3 is 5.32 Å². The molecule has 0 spiro atoms. The van der Waals surface area contributed by atoms with E-state index >= 15 is 0 Å². The van der Waals surface area contributed by atoms with Gasteiger partial charge in [-0.1, -0.05) is 12.1 Å². The molecule has 0 aliphatic rings. The Hall–Kier alpha value is -1.16. The number of nitrogens with one attached hydrogen (secondary N) is 1. The van der Waals surface area contributed by atoms with Crippen LogP contribution in [-0.4, -0.2) is 29.0 Å². The summed E-state index contributed by atoms with van der Waals surface area (Å²) in [6.45, 7) is 0. The Morgan fingerprint density at radius 3 is 2.64 bits per heavy atom. The predicted molar refractivity (Wildman–Crippen MR) is 59.3 cm³/mol. The first-order valence-corrected chi connectivity index (χ1v) is 5.98. The minimum atomic E-state index is -1.08. The van der Waals surface area contributed by atoms with Crippen molar-refractivity contribution in [1.29, 1.82) is 0 Å². The highest BCUT2D eigenvalue weighted by molar-refractivity contribution is 7.85. The second-order valence-electron chi connectivity index (χ2n) is 2.94. The zero-order valence-electron chi connectivity index (χ0n) is 8.24. The van der Waals surface area contributed by atoms with Gasteiger partial charge in [-0.2, -0.15) is 0 Å². The third kappa shape index (κ3) is 2.67. The summed E-state index contributed by atoms with van der Waals surface area (Å²) >= 11 is 0. The minimum absolute atomic E-state index is 0.0820. The molecule has 0 fully saturated rings. The molecule has 1 atom stereocenters. The molecular weight excluding hydrogens is 198 g/mol. The molecule has 1 aromatic carbocycles. The number of Topliss-reactive ketones (excluding diaryl/α,β-unsaturated/α-hetero) is 1. The van der Waals surface area contributed by atoms with Gasteiger partial charge in [-0.25, -0.2) is 0 Å². The minimum Gasteiger partial charge on any atom is -0.388 e. The monoisotopic (exact) mass is 211 g/mol. The highest BCUT2D eigenvalue weighted by Gasteiger charge is 2.10. The van der Waals surface area contributed by atoms with Crippen LogP contribution in [0.2, 0.25) is 0 Å². The molecule has 0 radical (unpaired) electrons. The molecule has 0 aliphatic carbocycles. The van der Waals surface area contributed by atoms with Crippen molar-refractivity contribution in [2.45, 2.75) is 0 Å². The Morgan fingerprint density at radius 1 is 1.43 bits per heavy atom. The van der Waals surface area contributed by atoms with Gasteiger partial charge in [0.15, 0.2) is 5.78 Å². The lowest BCUT2D eigenvalue weighted by Gasteiger charge is -2.06. The molecule has 0 aromatic heterocycles. The van der Waals surface area contributed by atoms with Gasteiger partial charge in [-0.3, -0.25) is 9.00 Å². The molecule has 1 N–H and O–H groups in total. The lowest BCUT2D eigenvalue weighted by Crippen LogP contribution is -2.11. The summed E-state index contributed by atoms with van der Waals surface area (Å²) < 4.78 is 10.9. The second-order valence-corrected chi connectivity index (χ2v) is 4.37. The van der Waals surface area contributed by atoms with E-state index in [0.29, 0.717) is 5.56 Å². The molecule has 3 nitrogen and oxygen atoms in total. The van der Waals surface area contributed by atoms with Crippen molar-refractivity contribution < 1.29 is 9.00 Å². The standard InChI is InChI=1S/C10H13NO2S/c1-11-9-6-4-3-5-8(9)10(12)7-14(2)13/h3-6,11H,7H2,1-2H3. The third-order valence-corrected chi connectivity index (χ3v) is 2.50. The molecule has 0 saturated carbocycles. The van der Waals surface area contributed by atoms with E-state index in [9.17, 15) is 9.00 Å². The largest absolute Gasteiger partial charge is 0.388 e. The predicted octanol–water partition coefficient (Wildman–Crippen LogP) is 1.29. The second kappa shape index (κ2) is 4.91. The van der Waals surface area contributed by atoms with E-state index in [1.54, 1.807) is 19.2 Å². The fourth-order valence-electron chi connectivity index (χ4n) is 1.21. The van der Waals surface area contributed by atoms with Gasteiger partial charge in [0, 0.05) is 35.4 Å². The van der Waals surface area contributed by atoms with Crippen LogP contribution in [0.25, 0.3) is 0 Å². The first-order valence-electron chi connectivity index (χ1n) is 4.25. The molecule has 0 saturated heterocycles. The summed E-state index contributed by atoms with van der Waals surface area (Å²) in [7, 11) is 0.675. The number of carbonyl (C=O) groups excluding carboxylic acids is 1. The number of para-hydroxylation sites is 1. The van der Waals surface area contributed by atoms with Crippen molar-refractivity contribution in [3.05, 3.63) is 29.8 Å². The van der Waals surface area contributed by atoms with Crippen LogP contribution in [0.4, 0.5) is 5.69 Å². The lowest BCUT2D eigenvalue weighted by molar-refractivity contribution is 0.102. The van der Waals surface area contributed by atoms with Crippen LogP contribution >= 0.6 is 0 Å². The quantitative estimate of drug-likeness (QED) is 0.763. The maximum atomic E-state index is 11.6. The van der Waals surface area contributed by atoms with Gasteiger partial charge in [0.25, 0.3) is 0 Å². The fraction of sp³-hybridized carbons (Fsp3) is 0.300. The van der Waals surface area contributed by atoms with E-state index in [-0.39, 0.29) is 11.5 Å². The highest BCUT2D eigenvalue weighted by atomic mass is 32.2. The topological polar surface area (TPSA) is 46.2 Å². The van der Waals surface area contributed by atoms with Gasteiger partial charge in [-0.05, 0) is 12.1 Å². The summed E-state index contributed by atoms with van der Waals surface area (Å²) in [6, 6.07) is 7.21. The van der Waals surface area contributed by atoms with Gasteiger partial charge in [-0.15, -0.1) is 0 Å². The van der Waals surface area contributed by atoms with E-state index < -0.39 is 10.8 Å². The third-order valence-electron chi connectivity index (χ3n) is 1.83. The molecule has 76 valence electrons. The summed E-state index contributed by atoms with van der Waals surface area (Å²) in [6.07, 6.45) is 1.53. The fourth-order valence-corrected chi connectivity index (χ4v) is 1.73. The van der Waals surface area contributed by atoms with E-state index in [1.165, 1.54) is 6.26 Å². The first kappa shape index (κ1) is 10.9. The molecule has 1 aromatic rings. The van der Waals surface area contributed by atoms with Gasteiger partial charge in [0.2, 0.25) is 0 Å². The molecule has 0 aliphatic heterocycles. The first-order chi connectivity index (χ1) is 6.65. The smallest absolute Gasteiger partial charge is 0.177 e. The number of hydrogen-bond donors (Lipinski definition) is 1. The SMILES string of the molecule is CNc1ccccc1C(=O)CS(C)=O. The van der Waals surface area contributed by atoms with E-state index in [1.807, 2.05) is 12.1 Å². The molecule has 0 amide bonds. The van der Waals surface area contributed by atoms with Crippen LogP contribution in [0, 0.1) is 0 Å². The number of anilines is 1. The summed E-state index contributed by atoms with van der Waals surface area (Å²) in [5, 5.41) is 2.93. The van der Waals surface area contributed by atoms with E-state index in [4.69, 9.17) is 0 Å². The van der Waals surface area contributed by atoms with Crippen molar-refractivity contribution in [2.75, 3.05) is 24.4 Å². The van der Waals surface area contributed by atoms with Gasteiger partial charge in [0.05, 0.1) is 5.75 Å². The zero-order chi connectivity index (χ0) is 10.6. The van der Waals surface area contributed by atoms with Crippen molar-refractivity contribution in [3.8, 4) is 0 Å². The van der Waals surface area contributed by atoms with Crippen LogP contribution in [0.1, 0.15) is 10.4 Å².